The first-order valence-corrected chi connectivity index (χ1v) is 9.18. The first-order valence-electron chi connectivity index (χ1n) is 8.30. The standard InChI is InChI=1S/C10H9FOS.C10H15NO/c11-8-4-5-9(12)7-3-1-2-6-13-10(7)8;1-11-8-10(12)7-9-5-3-2-4-6-9/h2,4-6,12H,1,3H2;2-6,10-12H,7-8H2,1H3. The second kappa shape index (κ2) is 10.2. The number of aliphatic hydroxyl groups is 1. The van der Waals surface area contributed by atoms with Crippen molar-refractivity contribution in [3.63, 3.8) is 0 Å². The summed E-state index contributed by atoms with van der Waals surface area (Å²) in [5, 5.41) is 23.7. The van der Waals surface area contributed by atoms with Crippen molar-refractivity contribution >= 4 is 11.8 Å². The lowest BCUT2D eigenvalue weighted by Gasteiger charge is -2.08. The van der Waals surface area contributed by atoms with E-state index in [2.05, 4.69) is 5.32 Å². The molecule has 5 heteroatoms. The van der Waals surface area contributed by atoms with Crippen molar-refractivity contribution in [2.24, 2.45) is 0 Å². The van der Waals surface area contributed by atoms with Crippen LogP contribution >= 0.6 is 11.8 Å². The number of aliphatic hydroxyl groups excluding tert-OH is 1. The Labute approximate surface area is 152 Å². The van der Waals surface area contributed by atoms with E-state index >= 15 is 0 Å². The number of phenolic OH excluding ortho intramolecular Hbond substituents is 1. The highest BCUT2D eigenvalue weighted by atomic mass is 32.2. The van der Waals surface area contributed by atoms with Gasteiger partial charge in [0.2, 0.25) is 0 Å². The van der Waals surface area contributed by atoms with E-state index in [1.807, 2.05) is 48.9 Å². The first-order chi connectivity index (χ1) is 12.1. The highest BCUT2D eigenvalue weighted by Crippen LogP contribution is 2.35. The monoisotopic (exact) mass is 361 g/mol. The van der Waals surface area contributed by atoms with Crippen LogP contribution in [-0.2, 0) is 12.8 Å². The van der Waals surface area contributed by atoms with E-state index in [-0.39, 0.29) is 17.7 Å². The van der Waals surface area contributed by atoms with Crippen molar-refractivity contribution < 1.29 is 14.6 Å². The molecule has 2 aromatic carbocycles. The Kier molecular flexibility index (Phi) is 7.98. The molecule has 2 aromatic rings. The maximum absolute atomic E-state index is 13.3. The molecule has 0 saturated carbocycles. The van der Waals surface area contributed by atoms with E-state index in [9.17, 15) is 14.6 Å². The number of hydrogen-bond donors (Lipinski definition) is 3. The fraction of sp³-hybridized carbons (Fsp3) is 0.300. The smallest absolute Gasteiger partial charge is 0.137 e. The molecule has 0 aliphatic carbocycles. The number of thioether (sulfide) groups is 1. The van der Waals surface area contributed by atoms with Crippen LogP contribution in [0.15, 0.2) is 58.8 Å². The normalized spacial score (nSPS) is 14.0. The quantitative estimate of drug-likeness (QED) is 0.773. The van der Waals surface area contributed by atoms with Crippen molar-refractivity contribution in [2.45, 2.75) is 30.3 Å². The van der Waals surface area contributed by atoms with E-state index < -0.39 is 0 Å². The number of halogens is 1. The number of benzene rings is 2. The summed E-state index contributed by atoms with van der Waals surface area (Å²) in [4.78, 5) is 0.564. The van der Waals surface area contributed by atoms with Crippen LogP contribution in [-0.4, -0.2) is 29.9 Å². The highest BCUT2D eigenvalue weighted by Gasteiger charge is 2.13. The minimum atomic E-state index is -0.280. The third-order valence-electron chi connectivity index (χ3n) is 3.78. The number of fused-ring (bicyclic) bond motifs is 1. The van der Waals surface area contributed by atoms with Gasteiger partial charge >= 0.3 is 0 Å². The molecule has 3 rings (SSSR count). The van der Waals surface area contributed by atoms with E-state index in [0.29, 0.717) is 17.9 Å². The summed E-state index contributed by atoms with van der Waals surface area (Å²) in [5.74, 6) is -0.0445. The molecule has 0 aromatic heterocycles. The third-order valence-corrected chi connectivity index (χ3v) is 4.79. The fourth-order valence-corrected chi connectivity index (χ4v) is 3.46. The zero-order valence-corrected chi connectivity index (χ0v) is 15.1. The highest BCUT2D eigenvalue weighted by molar-refractivity contribution is 8.02. The average molecular weight is 361 g/mol. The molecule has 1 unspecified atom stereocenters. The zero-order valence-electron chi connectivity index (χ0n) is 14.3. The molecule has 3 nitrogen and oxygen atoms in total. The van der Waals surface area contributed by atoms with E-state index in [4.69, 9.17) is 0 Å². The topological polar surface area (TPSA) is 52.5 Å². The van der Waals surface area contributed by atoms with Crippen molar-refractivity contribution in [1.82, 2.24) is 5.32 Å². The molecule has 1 aliphatic heterocycles. The molecule has 1 aliphatic rings. The Morgan fingerprint density at radius 1 is 1.20 bits per heavy atom. The lowest BCUT2D eigenvalue weighted by atomic mass is 10.1. The van der Waals surface area contributed by atoms with Crippen LogP contribution < -0.4 is 5.32 Å². The van der Waals surface area contributed by atoms with Gasteiger partial charge in [-0.15, -0.1) is 0 Å². The summed E-state index contributed by atoms with van der Waals surface area (Å²) in [6, 6.07) is 12.7. The number of hydrogen-bond acceptors (Lipinski definition) is 4. The molecule has 0 spiro atoms. The summed E-state index contributed by atoms with van der Waals surface area (Å²) >= 11 is 1.33. The van der Waals surface area contributed by atoms with Gasteiger partial charge in [0.15, 0.2) is 0 Å². The molecule has 1 heterocycles. The van der Waals surface area contributed by atoms with Gasteiger partial charge in [-0.25, -0.2) is 4.39 Å². The van der Waals surface area contributed by atoms with Crippen molar-refractivity contribution in [1.29, 1.82) is 0 Å². The average Bonchev–Trinajstić information content (AvgIpc) is 2.87. The molecule has 0 saturated heterocycles. The maximum atomic E-state index is 13.3. The predicted molar refractivity (Wildman–Crippen MR) is 101 cm³/mol. The lowest BCUT2D eigenvalue weighted by molar-refractivity contribution is 0.175. The van der Waals surface area contributed by atoms with Crippen LogP contribution in [0, 0.1) is 5.82 Å². The van der Waals surface area contributed by atoms with E-state index in [1.165, 1.54) is 29.5 Å². The second-order valence-electron chi connectivity index (χ2n) is 5.80. The van der Waals surface area contributed by atoms with Crippen LogP contribution in [0.25, 0.3) is 0 Å². The molecule has 134 valence electrons. The lowest BCUT2D eigenvalue weighted by Crippen LogP contribution is -2.25. The van der Waals surface area contributed by atoms with Crippen LogP contribution in [0.5, 0.6) is 5.75 Å². The van der Waals surface area contributed by atoms with Crippen LogP contribution in [0.3, 0.4) is 0 Å². The van der Waals surface area contributed by atoms with Crippen LogP contribution in [0.1, 0.15) is 17.5 Å². The van der Waals surface area contributed by atoms with Crippen molar-refractivity contribution in [2.75, 3.05) is 13.6 Å². The van der Waals surface area contributed by atoms with Gasteiger partial charge < -0.3 is 15.5 Å². The molecule has 25 heavy (non-hydrogen) atoms. The van der Waals surface area contributed by atoms with Gasteiger partial charge in [-0.05, 0) is 49.4 Å². The zero-order chi connectivity index (χ0) is 18.1. The van der Waals surface area contributed by atoms with Gasteiger partial charge in [0.25, 0.3) is 0 Å². The Hall–Kier alpha value is -1.82. The van der Waals surface area contributed by atoms with Gasteiger partial charge in [0.05, 0.1) is 11.0 Å². The molecule has 0 amide bonds. The SMILES string of the molecule is CNCC(O)Cc1ccccc1.Oc1ccc(F)c2c1CCC=CS2. The molecule has 0 fully saturated rings. The van der Waals surface area contributed by atoms with Gasteiger partial charge in [-0.1, -0.05) is 48.2 Å². The van der Waals surface area contributed by atoms with Crippen LogP contribution in [0.2, 0.25) is 0 Å². The minimum Gasteiger partial charge on any atom is -0.508 e. The summed E-state index contributed by atoms with van der Waals surface area (Å²) in [6.07, 6.45) is 4.00. The summed E-state index contributed by atoms with van der Waals surface area (Å²) < 4.78 is 13.3. The summed E-state index contributed by atoms with van der Waals surface area (Å²) in [7, 11) is 1.84. The first kappa shape index (κ1) is 19.5. The van der Waals surface area contributed by atoms with E-state index in [0.717, 1.165) is 18.4 Å². The molecular weight excluding hydrogens is 337 g/mol. The second-order valence-corrected chi connectivity index (χ2v) is 6.72. The largest absolute Gasteiger partial charge is 0.508 e. The van der Waals surface area contributed by atoms with Crippen molar-refractivity contribution in [3.8, 4) is 5.75 Å². The van der Waals surface area contributed by atoms with Crippen LogP contribution in [0.4, 0.5) is 4.39 Å². The number of aromatic hydroxyl groups is 1. The number of phenols is 1. The maximum Gasteiger partial charge on any atom is 0.137 e. The van der Waals surface area contributed by atoms with Gasteiger partial charge in [0.1, 0.15) is 11.6 Å². The fourth-order valence-electron chi connectivity index (χ4n) is 2.56. The summed E-state index contributed by atoms with van der Waals surface area (Å²) in [5.41, 5.74) is 1.91. The third kappa shape index (κ3) is 6.20. The molecular formula is C20H24FNO2S. The Bertz CT molecular complexity index is 692. The Morgan fingerprint density at radius 2 is 1.96 bits per heavy atom. The van der Waals surface area contributed by atoms with Gasteiger partial charge in [-0.3, -0.25) is 0 Å². The van der Waals surface area contributed by atoms with Crippen molar-refractivity contribution in [3.05, 3.63) is 70.9 Å². The Balaban J connectivity index is 0.000000181. The van der Waals surface area contributed by atoms with Gasteiger partial charge in [-0.2, -0.15) is 0 Å². The van der Waals surface area contributed by atoms with E-state index in [1.54, 1.807) is 0 Å². The molecule has 1 atom stereocenters. The molecule has 0 bridgehead atoms. The molecule has 0 radical (unpaired) electrons. The number of allylic oxidation sites excluding steroid dienone is 1. The predicted octanol–water partition coefficient (Wildman–Crippen LogP) is 3.89. The number of likely N-dealkylation sites (N-methyl/N-ethyl adjacent to an activating group) is 1. The number of rotatable bonds is 4. The number of nitrogens with one attached hydrogen (secondary N) is 1. The molecule has 3 N–H and O–H groups in total. The van der Waals surface area contributed by atoms with Gasteiger partial charge in [0, 0.05) is 12.1 Å². The Morgan fingerprint density at radius 3 is 2.68 bits per heavy atom. The minimum absolute atomic E-state index is 0.201. The summed E-state index contributed by atoms with van der Waals surface area (Å²) in [6.45, 7) is 0.648.